The van der Waals surface area contributed by atoms with Crippen molar-refractivity contribution in [1.82, 2.24) is 20.0 Å². The van der Waals surface area contributed by atoms with E-state index in [0.717, 1.165) is 30.4 Å². The SMILES string of the molecule is CC(C)(C)OC(=O)N[C@@H](CN1C[C@@H]2C[C@H]1C(=O)N2[C@H]1CCc2cc(F)ccc21)C(=O)N1CCCC1C#N. The minimum absolute atomic E-state index is 0.00516. The minimum Gasteiger partial charge on any atom is -0.444 e. The number of alkyl carbamates (subject to hydrolysis) is 1. The highest BCUT2D eigenvalue weighted by atomic mass is 19.1. The molecule has 198 valence electrons. The quantitative estimate of drug-likeness (QED) is 0.651. The van der Waals surface area contributed by atoms with Crippen LogP contribution in [0.3, 0.4) is 0 Å². The molecule has 3 aliphatic heterocycles. The van der Waals surface area contributed by atoms with Crippen molar-refractivity contribution in [2.24, 2.45) is 0 Å². The van der Waals surface area contributed by atoms with Crippen LogP contribution in [0.25, 0.3) is 0 Å². The van der Waals surface area contributed by atoms with Gasteiger partial charge in [0.2, 0.25) is 11.8 Å². The first-order chi connectivity index (χ1) is 17.6. The van der Waals surface area contributed by atoms with Crippen LogP contribution in [-0.2, 0) is 20.7 Å². The van der Waals surface area contributed by atoms with E-state index in [1.807, 2.05) is 9.80 Å². The summed E-state index contributed by atoms with van der Waals surface area (Å²) in [6.07, 6.45) is 2.82. The van der Waals surface area contributed by atoms with Gasteiger partial charge in [0.25, 0.3) is 0 Å². The van der Waals surface area contributed by atoms with Crippen LogP contribution >= 0.6 is 0 Å². The summed E-state index contributed by atoms with van der Waals surface area (Å²) in [5.41, 5.74) is 1.25. The number of nitrogens with one attached hydrogen (secondary N) is 1. The number of fused-ring (bicyclic) bond motifs is 3. The lowest BCUT2D eigenvalue weighted by Crippen LogP contribution is -2.59. The monoisotopic (exact) mass is 511 g/mol. The van der Waals surface area contributed by atoms with Crippen LogP contribution in [0, 0.1) is 17.1 Å². The molecular formula is C27H34FN5O4. The molecule has 0 saturated carbocycles. The fourth-order valence-corrected chi connectivity index (χ4v) is 6.39. The number of nitriles is 1. The highest BCUT2D eigenvalue weighted by molar-refractivity contribution is 5.88. The Labute approximate surface area is 216 Å². The van der Waals surface area contributed by atoms with Crippen LogP contribution < -0.4 is 5.32 Å². The molecule has 9 nitrogen and oxygen atoms in total. The molecule has 1 aliphatic carbocycles. The number of likely N-dealkylation sites (tertiary alicyclic amines) is 3. The standard InChI is InChI=1S/C27H34FN5O4/c1-27(2,3)37-26(36)30-21(24(34)32-10-4-5-18(32)13-29)15-31-14-19-12-23(31)25(35)33(19)22-9-6-16-11-17(28)7-8-20(16)22/h7-8,11,18-19,21-23H,4-6,9-10,12,14-15H2,1-3H3,(H,30,36)/t18?,19-,21-,22-,23-/m0/s1. The molecule has 3 fully saturated rings. The first-order valence-electron chi connectivity index (χ1n) is 13.1. The number of amides is 3. The minimum atomic E-state index is -0.931. The average molecular weight is 512 g/mol. The zero-order valence-electron chi connectivity index (χ0n) is 21.6. The van der Waals surface area contributed by atoms with Crippen LogP contribution in [0.4, 0.5) is 9.18 Å². The van der Waals surface area contributed by atoms with E-state index in [2.05, 4.69) is 11.4 Å². The Hall–Kier alpha value is -3.19. The van der Waals surface area contributed by atoms with Gasteiger partial charge in [-0.25, -0.2) is 9.18 Å². The Balaban J connectivity index is 1.30. The van der Waals surface area contributed by atoms with Gasteiger partial charge >= 0.3 is 6.09 Å². The van der Waals surface area contributed by atoms with Crippen LogP contribution in [0.5, 0.6) is 0 Å². The van der Waals surface area contributed by atoms with Crippen molar-refractivity contribution < 1.29 is 23.5 Å². The van der Waals surface area contributed by atoms with Gasteiger partial charge < -0.3 is 19.9 Å². The van der Waals surface area contributed by atoms with Crippen molar-refractivity contribution in [2.45, 2.75) is 88.7 Å². The van der Waals surface area contributed by atoms with E-state index in [1.165, 1.54) is 11.0 Å². The lowest BCUT2D eigenvalue weighted by molar-refractivity contribution is -0.141. The number of hydrogen-bond acceptors (Lipinski definition) is 6. The zero-order valence-corrected chi connectivity index (χ0v) is 21.6. The molecular weight excluding hydrogens is 477 g/mol. The molecule has 37 heavy (non-hydrogen) atoms. The number of hydrogen-bond donors (Lipinski definition) is 1. The number of halogens is 1. The Morgan fingerprint density at radius 2 is 2.05 bits per heavy atom. The van der Waals surface area contributed by atoms with E-state index in [1.54, 1.807) is 32.9 Å². The van der Waals surface area contributed by atoms with Crippen LogP contribution in [-0.4, -0.2) is 82.0 Å². The predicted octanol–water partition coefficient (Wildman–Crippen LogP) is 2.51. The maximum absolute atomic E-state index is 13.7. The summed E-state index contributed by atoms with van der Waals surface area (Å²) in [4.78, 5) is 45.1. The number of carbonyl (C=O) groups excluding carboxylic acids is 3. The molecule has 0 radical (unpaired) electrons. The van der Waals surface area contributed by atoms with Crippen molar-refractivity contribution in [3.63, 3.8) is 0 Å². The van der Waals surface area contributed by atoms with Gasteiger partial charge in [-0.2, -0.15) is 5.26 Å². The third-order valence-electron chi connectivity index (χ3n) is 7.89. The summed E-state index contributed by atoms with van der Waals surface area (Å²) >= 11 is 0. The molecule has 1 aromatic carbocycles. The van der Waals surface area contributed by atoms with E-state index in [-0.39, 0.29) is 42.3 Å². The molecule has 5 rings (SSSR count). The third-order valence-corrected chi connectivity index (χ3v) is 7.89. The number of carbonyl (C=O) groups is 3. The van der Waals surface area contributed by atoms with Gasteiger partial charge in [-0.3, -0.25) is 14.5 Å². The summed E-state index contributed by atoms with van der Waals surface area (Å²) in [6.45, 7) is 6.46. The molecule has 3 heterocycles. The number of aryl methyl sites for hydroxylation is 1. The number of rotatable bonds is 5. The molecule has 4 aliphatic rings. The first-order valence-corrected chi connectivity index (χ1v) is 13.1. The van der Waals surface area contributed by atoms with Gasteiger partial charge in [0.1, 0.15) is 23.5 Å². The van der Waals surface area contributed by atoms with Crippen LogP contribution in [0.2, 0.25) is 0 Å². The summed E-state index contributed by atoms with van der Waals surface area (Å²) < 4.78 is 19.1. The van der Waals surface area contributed by atoms with Crippen LogP contribution in [0.1, 0.15) is 63.6 Å². The zero-order chi connectivity index (χ0) is 26.5. The summed E-state index contributed by atoms with van der Waals surface area (Å²) in [6, 6.07) is 5.10. The van der Waals surface area contributed by atoms with E-state index < -0.39 is 23.8 Å². The maximum atomic E-state index is 13.7. The highest BCUT2D eigenvalue weighted by Crippen LogP contribution is 2.44. The van der Waals surface area contributed by atoms with E-state index >= 15 is 0 Å². The Kier molecular flexibility index (Phi) is 6.61. The number of piperazine rings is 1. The van der Waals surface area contributed by atoms with Gasteiger partial charge in [0.15, 0.2) is 0 Å². The highest BCUT2D eigenvalue weighted by Gasteiger charge is 2.53. The summed E-state index contributed by atoms with van der Waals surface area (Å²) in [7, 11) is 0. The molecule has 3 amide bonds. The van der Waals surface area contributed by atoms with Gasteiger partial charge in [0.05, 0.1) is 18.2 Å². The second-order valence-corrected chi connectivity index (χ2v) is 11.5. The Bertz CT molecular complexity index is 1140. The predicted molar refractivity (Wildman–Crippen MR) is 132 cm³/mol. The Morgan fingerprint density at radius 1 is 1.27 bits per heavy atom. The van der Waals surface area contributed by atoms with Gasteiger partial charge in [-0.05, 0) is 76.1 Å². The van der Waals surface area contributed by atoms with Gasteiger partial charge in [0, 0.05) is 25.7 Å². The molecule has 1 N–H and O–H groups in total. The van der Waals surface area contributed by atoms with E-state index in [9.17, 15) is 24.0 Å². The van der Waals surface area contributed by atoms with Gasteiger partial charge in [-0.15, -0.1) is 0 Å². The smallest absolute Gasteiger partial charge is 0.408 e. The molecule has 5 atom stereocenters. The first kappa shape index (κ1) is 25.5. The topological polar surface area (TPSA) is 106 Å². The lowest BCUT2D eigenvalue weighted by atomic mass is 10.1. The molecule has 0 aromatic heterocycles. The normalized spacial score (nSPS) is 27.8. The molecule has 2 bridgehead atoms. The van der Waals surface area contributed by atoms with Crippen molar-refractivity contribution in [3.8, 4) is 6.07 Å². The molecule has 1 unspecified atom stereocenters. The van der Waals surface area contributed by atoms with Crippen molar-refractivity contribution in [2.75, 3.05) is 19.6 Å². The average Bonchev–Trinajstić information content (AvgIpc) is 3.59. The second-order valence-electron chi connectivity index (χ2n) is 11.5. The maximum Gasteiger partial charge on any atom is 0.408 e. The number of ether oxygens (including phenoxy) is 1. The Morgan fingerprint density at radius 3 is 2.76 bits per heavy atom. The molecule has 1 aromatic rings. The summed E-state index contributed by atoms with van der Waals surface area (Å²) in [5.74, 6) is -0.573. The number of nitrogens with zero attached hydrogens (tertiary/aromatic N) is 4. The van der Waals surface area contributed by atoms with Crippen molar-refractivity contribution >= 4 is 17.9 Å². The van der Waals surface area contributed by atoms with E-state index in [4.69, 9.17) is 4.74 Å². The lowest BCUT2D eigenvalue weighted by Gasteiger charge is -2.39. The molecule has 3 saturated heterocycles. The molecule has 10 heteroatoms. The van der Waals surface area contributed by atoms with Crippen molar-refractivity contribution in [3.05, 3.63) is 35.1 Å². The third kappa shape index (κ3) is 4.89. The van der Waals surface area contributed by atoms with Gasteiger partial charge in [-0.1, -0.05) is 6.07 Å². The fourth-order valence-electron chi connectivity index (χ4n) is 6.39. The fraction of sp³-hybridized carbons (Fsp3) is 0.630. The van der Waals surface area contributed by atoms with Crippen LogP contribution in [0.15, 0.2) is 18.2 Å². The molecule has 0 spiro atoms. The second kappa shape index (κ2) is 9.60. The largest absolute Gasteiger partial charge is 0.444 e. The number of benzene rings is 1. The van der Waals surface area contributed by atoms with Crippen molar-refractivity contribution in [1.29, 1.82) is 5.26 Å². The summed E-state index contributed by atoms with van der Waals surface area (Å²) in [5, 5.41) is 12.2. The van der Waals surface area contributed by atoms with E-state index in [0.29, 0.717) is 25.9 Å².